The third-order valence-corrected chi connectivity index (χ3v) is 7.97. The first-order valence-electron chi connectivity index (χ1n) is 8.56. The van der Waals surface area contributed by atoms with Crippen molar-refractivity contribution in [1.29, 1.82) is 0 Å². The fourth-order valence-corrected chi connectivity index (χ4v) is 6.31. The molecule has 0 radical (unpaired) electrons. The Hall–Kier alpha value is -0.950. The summed E-state index contributed by atoms with van der Waals surface area (Å²) in [6, 6.07) is 8.01. The number of hydrogen-bond acceptors (Lipinski definition) is 4. The summed E-state index contributed by atoms with van der Waals surface area (Å²) >= 11 is 0. The fraction of sp³-hybridized carbons (Fsp3) is 0.647. The highest BCUT2D eigenvalue weighted by Gasteiger charge is 2.43. The van der Waals surface area contributed by atoms with Gasteiger partial charge in [-0.1, -0.05) is 24.3 Å². The first kappa shape index (κ1) is 15.6. The summed E-state index contributed by atoms with van der Waals surface area (Å²) in [5.41, 5.74) is 2.19. The van der Waals surface area contributed by atoms with Crippen LogP contribution in [0.4, 0.5) is 0 Å². The molecule has 3 atom stereocenters. The van der Waals surface area contributed by atoms with Gasteiger partial charge in [0.1, 0.15) is 0 Å². The molecule has 3 aliphatic rings. The van der Waals surface area contributed by atoms with E-state index < -0.39 is 16.1 Å². The Morgan fingerprint density at radius 2 is 1.83 bits per heavy atom. The summed E-state index contributed by atoms with van der Waals surface area (Å²) in [5.74, 6) is 0. The van der Waals surface area contributed by atoms with E-state index in [1.54, 1.807) is 4.31 Å². The predicted molar refractivity (Wildman–Crippen MR) is 88.6 cm³/mol. The molecule has 1 aromatic rings. The van der Waals surface area contributed by atoms with E-state index in [-0.39, 0.29) is 11.3 Å². The maximum Gasteiger partial charge on any atom is 0.218 e. The maximum absolute atomic E-state index is 12.7. The molecule has 3 unspecified atom stereocenters. The van der Waals surface area contributed by atoms with Crippen LogP contribution >= 0.6 is 0 Å². The minimum Gasteiger partial charge on any atom is -0.387 e. The molecular weight excluding hydrogens is 312 g/mol. The van der Waals surface area contributed by atoms with Crippen molar-refractivity contribution in [2.24, 2.45) is 0 Å². The molecule has 1 N–H and O–H groups in total. The molecule has 4 rings (SSSR count). The van der Waals surface area contributed by atoms with Crippen LogP contribution in [0.15, 0.2) is 24.3 Å². The van der Waals surface area contributed by atoms with Crippen LogP contribution in [0.25, 0.3) is 0 Å². The van der Waals surface area contributed by atoms with E-state index >= 15 is 0 Å². The molecule has 0 saturated carbocycles. The molecule has 6 heteroatoms. The fourth-order valence-electron chi connectivity index (χ4n) is 4.33. The maximum atomic E-state index is 12.7. The topological polar surface area (TPSA) is 60.9 Å². The zero-order valence-electron chi connectivity index (χ0n) is 13.3. The number of likely N-dealkylation sites (tertiary alicyclic amines) is 1. The zero-order chi connectivity index (χ0) is 16.0. The molecule has 2 saturated heterocycles. The summed E-state index contributed by atoms with van der Waals surface area (Å²) in [7, 11) is -3.18. The van der Waals surface area contributed by atoms with Crippen molar-refractivity contribution >= 4 is 10.0 Å². The van der Waals surface area contributed by atoms with Gasteiger partial charge in [0.2, 0.25) is 10.0 Å². The second kappa shape index (κ2) is 5.84. The Kier molecular flexibility index (Phi) is 3.96. The van der Waals surface area contributed by atoms with E-state index in [0.717, 1.165) is 31.4 Å². The van der Waals surface area contributed by atoms with Gasteiger partial charge in [0, 0.05) is 25.7 Å². The van der Waals surface area contributed by atoms with Gasteiger partial charge in [-0.3, -0.25) is 4.90 Å². The van der Waals surface area contributed by atoms with Crippen molar-refractivity contribution in [2.75, 3.05) is 26.2 Å². The number of sulfonamides is 1. The van der Waals surface area contributed by atoms with Crippen molar-refractivity contribution in [3.8, 4) is 0 Å². The molecule has 23 heavy (non-hydrogen) atoms. The van der Waals surface area contributed by atoms with Crippen LogP contribution in [-0.4, -0.2) is 60.2 Å². The number of aliphatic hydroxyl groups is 1. The van der Waals surface area contributed by atoms with Crippen molar-refractivity contribution in [1.82, 2.24) is 9.21 Å². The van der Waals surface area contributed by atoms with E-state index in [1.807, 2.05) is 18.2 Å². The molecule has 0 spiro atoms. The quantitative estimate of drug-likeness (QED) is 0.899. The number of hydrogen-bond donors (Lipinski definition) is 1. The number of benzene rings is 1. The molecule has 0 amide bonds. The minimum absolute atomic E-state index is 0.0196. The van der Waals surface area contributed by atoms with Gasteiger partial charge in [0.25, 0.3) is 0 Å². The number of aliphatic hydroxyl groups excluding tert-OH is 1. The molecule has 5 nitrogen and oxygen atoms in total. The van der Waals surface area contributed by atoms with Crippen molar-refractivity contribution in [3.63, 3.8) is 0 Å². The van der Waals surface area contributed by atoms with Gasteiger partial charge in [0.05, 0.1) is 11.4 Å². The van der Waals surface area contributed by atoms with Crippen LogP contribution in [0.3, 0.4) is 0 Å². The Balaban J connectivity index is 1.47. The van der Waals surface area contributed by atoms with E-state index in [9.17, 15) is 13.5 Å². The summed E-state index contributed by atoms with van der Waals surface area (Å²) < 4.78 is 27.1. The normalized spacial score (nSPS) is 32.5. The summed E-state index contributed by atoms with van der Waals surface area (Å²) in [4.78, 5) is 2.18. The standard InChI is InChI=1S/C17H24N2O3S/c20-17-15-6-2-1-5-13(15)11-16(17)18-10-7-14(12-18)23(21,22)19-8-3-4-9-19/h1-2,5-6,14,16-17,20H,3-4,7-12H2. The molecule has 2 fully saturated rings. The van der Waals surface area contributed by atoms with E-state index in [1.165, 1.54) is 5.56 Å². The predicted octanol–water partition coefficient (Wildman–Crippen LogP) is 1.14. The lowest BCUT2D eigenvalue weighted by Crippen LogP contribution is -2.41. The second-order valence-electron chi connectivity index (χ2n) is 6.97. The summed E-state index contributed by atoms with van der Waals surface area (Å²) in [6.07, 6.45) is 2.95. The lowest BCUT2D eigenvalue weighted by molar-refractivity contribution is 0.0750. The SMILES string of the molecule is O=S(=O)(C1CCN(C2Cc3ccccc3C2O)C1)N1CCCC1. The third kappa shape index (κ3) is 2.61. The molecule has 0 bridgehead atoms. The monoisotopic (exact) mass is 336 g/mol. The molecular formula is C17H24N2O3S. The van der Waals surface area contributed by atoms with E-state index in [2.05, 4.69) is 11.0 Å². The summed E-state index contributed by atoms with van der Waals surface area (Å²) in [5, 5.41) is 10.3. The van der Waals surface area contributed by atoms with Crippen LogP contribution < -0.4 is 0 Å². The molecule has 1 aliphatic carbocycles. The number of nitrogens with zero attached hydrogens (tertiary/aromatic N) is 2. The van der Waals surface area contributed by atoms with Crippen molar-refractivity contribution < 1.29 is 13.5 Å². The molecule has 126 valence electrons. The highest BCUT2D eigenvalue weighted by Crippen LogP contribution is 2.36. The molecule has 2 heterocycles. The highest BCUT2D eigenvalue weighted by atomic mass is 32.2. The Morgan fingerprint density at radius 1 is 1.09 bits per heavy atom. The van der Waals surface area contributed by atoms with Crippen LogP contribution in [0.1, 0.15) is 36.5 Å². The smallest absolute Gasteiger partial charge is 0.218 e. The Morgan fingerprint density at radius 3 is 2.57 bits per heavy atom. The average molecular weight is 336 g/mol. The van der Waals surface area contributed by atoms with Gasteiger partial charge < -0.3 is 5.11 Å². The van der Waals surface area contributed by atoms with Crippen molar-refractivity contribution in [2.45, 2.75) is 43.1 Å². The Labute approximate surface area is 138 Å². The summed E-state index contributed by atoms with van der Waals surface area (Å²) in [6.45, 7) is 2.66. The van der Waals surface area contributed by atoms with Gasteiger partial charge in [-0.05, 0) is 43.4 Å². The van der Waals surface area contributed by atoms with Crippen LogP contribution in [-0.2, 0) is 16.4 Å². The van der Waals surface area contributed by atoms with E-state index in [4.69, 9.17) is 0 Å². The Bertz CT molecular complexity index is 685. The van der Waals surface area contributed by atoms with Gasteiger partial charge in [0.15, 0.2) is 0 Å². The van der Waals surface area contributed by atoms with Gasteiger partial charge in [-0.25, -0.2) is 12.7 Å². The van der Waals surface area contributed by atoms with Crippen LogP contribution in [0.2, 0.25) is 0 Å². The van der Waals surface area contributed by atoms with Gasteiger partial charge in [-0.2, -0.15) is 0 Å². The van der Waals surface area contributed by atoms with Crippen molar-refractivity contribution in [3.05, 3.63) is 35.4 Å². The molecule has 2 aliphatic heterocycles. The lowest BCUT2D eigenvalue weighted by Gasteiger charge is -2.27. The first-order valence-corrected chi connectivity index (χ1v) is 10.1. The number of rotatable bonds is 3. The lowest BCUT2D eigenvalue weighted by atomic mass is 10.1. The van der Waals surface area contributed by atoms with E-state index in [0.29, 0.717) is 26.1 Å². The molecule has 0 aromatic heterocycles. The highest BCUT2D eigenvalue weighted by molar-refractivity contribution is 7.89. The number of fused-ring (bicyclic) bond motifs is 1. The minimum atomic E-state index is -3.18. The average Bonchev–Trinajstić information content (AvgIpc) is 3.28. The van der Waals surface area contributed by atoms with Crippen LogP contribution in [0.5, 0.6) is 0 Å². The second-order valence-corrected chi connectivity index (χ2v) is 9.18. The van der Waals surface area contributed by atoms with Crippen LogP contribution in [0, 0.1) is 0 Å². The first-order chi connectivity index (χ1) is 11.1. The van der Waals surface area contributed by atoms with Gasteiger partial charge >= 0.3 is 0 Å². The third-order valence-electron chi connectivity index (χ3n) is 5.66. The zero-order valence-corrected chi connectivity index (χ0v) is 14.1. The largest absolute Gasteiger partial charge is 0.387 e. The van der Waals surface area contributed by atoms with Gasteiger partial charge in [-0.15, -0.1) is 0 Å². The molecule has 1 aromatic carbocycles.